The van der Waals surface area contributed by atoms with Gasteiger partial charge in [-0.15, -0.1) is 0 Å². The lowest BCUT2D eigenvalue weighted by Gasteiger charge is -2.21. The Balaban J connectivity index is 2.84. The average molecular weight is 330 g/mol. The number of para-hydroxylation sites is 1. The molecule has 0 fully saturated rings. The first-order chi connectivity index (χ1) is 8.84. The number of carbonyl (C=O) groups excluding carboxylic acids is 1. The molecule has 1 amide bonds. The van der Waals surface area contributed by atoms with Crippen LogP contribution in [0.15, 0.2) is 22.7 Å². The van der Waals surface area contributed by atoms with Crippen LogP contribution in [0.25, 0.3) is 0 Å². The molecule has 0 unspecified atom stereocenters. The van der Waals surface area contributed by atoms with Gasteiger partial charge in [0, 0.05) is 13.1 Å². The van der Waals surface area contributed by atoms with Crippen molar-refractivity contribution >= 4 is 27.8 Å². The van der Waals surface area contributed by atoms with Gasteiger partial charge >= 0.3 is 5.97 Å². The van der Waals surface area contributed by atoms with Crippen molar-refractivity contribution in [3.63, 3.8) is 0 Å². The SMILES string of the molecule is CC(C)N(C)C(=O)COc1c(Br)cccc1C(=O)O. The molecule has 5 nitrogen and oxygen atoms in total. The molecule has 1 aromatic rings. The Morgan fingerprint density at radius 1 is 1.42 bits per heavy atom. The molecule has 0 atom stereocenters. The molecule has 0 aliphatic rings. The van der Waals surface area contributed by atoms with Gasteiger partial charge in [0.25, 0.3) is 5.91 Å². The summed E-state index contributed by atoms with van der Waals surface area (Å²) in [6.07, 6.45) is 0. The topological polar surface area (TPSA) is 66.8 Å². The van der Waals surface area contributed by atoms with E-state index >= 15 is 0 Å². The highest BCUT2D eigenvalue weighted by Crippen LogP contribution is 2.29. The van der Waals surface area contributed by atoms with Crippen LogP contribution in [0.5, 0.6) is 5.75 Å². The first-order valence-corrected chi connectivity index (χ1v) is 6.54. The van der Waals surface area contributed by atoms with Crippen LogP contribution in [0.3, 0.4) is 0 Å². The van der Waals surface area contributed by atoms with Crippen molar-refractivity contribution in [3.05, 3.63) is 28.2 Å². The zero-order chi connectivity index (χ0) is 14.6. The van der Waals surface area contributed by atoms with Gasteiger partial charge in [-0.3, -0.25) is 4.79 Å². The maximum Gasteiger partial charge on any atom is 0.339 e. The fraction of sp³-hybridized carbons (Fsp3) is 0.385. The minimum Gasteiger partial charge on any atom is -0.482 e. The third kappa shape index (κ3) is 3.96. The van der Waals surface area contributed by atoms with E-state index in [1.54, 1.807) is 19.2 Å². The molecule has 0 saturated carbocycles. The van der Waals surface area contributed by atoms with E-state index in [1.807, 2.05) is 13.8 Å². The molecule has 1 rings (SSSR count). The smallest absolute Gasteiger partial charge is 0.339 e. The van der Waals surface area contributed by atoms with Crippen molar-refractivity contribution in [2.45, 2.75) is 19.9 Å². The van der Waals surface area contributed by atoms with Crippen molar-refractivity contribution in [2.24, 2.45) is 0 Å². The highest BCUT2D eigenvalue weighted by Gasteiger charge is 2.17. The Bertz CT molecular complexity index is 488. The van der Waals surface area contributed by atoms with E-state index in [0.29, 0.717) is 4.47 Å². The predicted molar refractivity (Wildman–Crippen MR) is 74.5 cm³/mol. The summed E-state index contributed by atoms with van der Waals surface area (Å²) in [6, 6.07) is 4.76. The van der Waals surface area contributed by atoms with E-state index in [9.17, 15) is 9.59 Å². The monoisotopic (exact) mass is 329 g/mol. The summed E-state index contributed by atoms with van der Waals surface area (Å²) in [5, 5.41) is 9.06. The average Bonchev–Trinajstić information content (AvgIpc) is 2.35. The third-order valence-electron chi connectivity index (χ3n) is 2.71. The number of rotatable bonds is 5. The van der Waals surface area contributed by atoms with Crippen LogP contribution in [0.4, 0.5) is 0 Å². The number of carboxylic acid groups (broad SMARTS) is 1. The number of nitrogens with zero attached hydrogens (tertiary/aromatic N) is 1. The molecule has 1 N–H and O–H groups in total. The number of ether oxygens (including phenoxy) is 1. The first kappa shape index (κ1) is 15.5. The molecule has 0 aliphatic carbocycles. The molecule has 6 heteroatoms. The number of halogens is 1. The second kappa shape index (κ2) is 6.56. The molecule has 0 radical (unpaired) electrons. The van der Waals surface area contributed by atoms with Gasteiger partial charge in [0.1, 0.15) is 11.3 Å². The van der Waals surface area contributed by atoms with Crippen molar-refractivity contribution in [1.82, 2.24) is 4.90 Å². The Hall–Kier alpha value is -1.56. The summed E-state index contributed by atoms with van der Waals surface area (Å²) in [5.41, 5.74) is 0.0226. The zero-order valence-corrected chi connectivity index (χ0v) is 12.6. The van der Waals surface area contributed by atoms with E-state index in [0.717, 1.165) is 0 Å². The summed E-state index contributed by atoms with van der Waals surface area (Å²) < 4.78 is 5.85. The van der Waals surface area contributed by atoms with Crippen LogP contribution in [-0.2, 0) is 4.79 Å². The number of carboxylic acids is 1. The second-order valence-electron chi connectivity index (χ2n) is 4.31. The predicted octanol–water partition coefficient (Wildman–Crippen LogP) is 2.39. The van der Waals surface area contributed by atoms with Crippen LogP contribution in [-0.4, -0.2) is 41.6 Å². The van der Waals surface area contributed by atoms with Crippen LogP contribution in [0.2, 0.25) is 0 Å². The van der Waals surface area contributed by atoms with Crippen molar-refractivity contribution in [3.8, 4) is 5.75 Å². The van der Waals surface area contributed by atoms with Crippen LogP contribution in [0, 0.1) is 0 Å². The quantitative estimate of drug-likeness (QED) is 0.900. The Morgan fingerprint density at radius 3 is 2.58 bits per heavy atom. The summed E-state index contributed by atoms with van der Waals surface area (Å²) in [6.45, 7) is 3.58. The lowest BCUT2D eigenvalue weighted by molar-refractivity contribution is -0.133. The minimum atomic E-state index is -1.10. The minimum absolute atomic E-state index is 0.0226. The Labute approximate surface area is 120 Å². The molecule has 19 heavy (non-hydrogen) atoms. The van der Waals surface area contributed by atoms with E-state index in [4.69, 9.17) is 9.84 Å². The highest BCUT2D eigenvalue weighted by molar-refractivity contribution is 9.10. The molecule has 1 aromatic carbocycles. The van der Waals surface area contributed by atoms with E-state index in [-0.39, 0.29) is 29.9 Å². The number of amides is 1. The molecule has 0 heterocycles. The number of aromatic carboxylic acids is 1. The van der Waals surface area contributed by atoms with Crippen LogP contribution in [0.1, 0.15) is 24.2 Å². The molecule has 0 aromatic heterocycles. The number of likely N-dealkylation sites (N-methyl/N-ethyl adjacent to an activating group) is 1. The van der Waals surface area contributed by atoms with Gasteiger partial charge in [-0.05, 0) is 41.9 Å². The molecule has 0 spiro atoms. The van der Waals surface area contributed by atoms with Gasteiger partial charge < -0.3 is 14.7 Å². The molecular formula is C13H16BrNO4. The molecule has 104 valence electrons. The molecule has 0 saturated heterocycles. The lowest BCUT2D eigenvalue weighted by Crippen LogP contribution is -2.36. The maximum atomic E-state index is 11.8. The van der Waals surface area contributed by atoms with Gasteiger partial charge in [0.15, 0.2) is 6.61 Å². The fourth-order valence-corrected chi connectivity index (χ4v) is 1.83. The third-order valence-corrected chi connectivity index (χ3v) is 3.33. The molecular weight excluding hydrogens is 314 g/mol. The van der Waals surface area contributed by atoms with E-state index < -0.39 is 5.97 Å². The number of carbonyl (C=O) groups is 2. The number of hydrogen-bond acceptors (Lipinski definition) is 3. The van der Waals surface area contributed by atoms with Crippen LogP contribution >= 0.6 is 15.9 Å². The summed E-state index contributed by atoms with van der Waals surface area (Å²) in [7, 11) is 1.68. The van der Waals surface area contributed by atoms with Gasteiger partial charge in [-0.2, -0.15) is 0 Å². The highest BCUT2D eigenvalue weighted by atomic mass is 79.9. The van der Waals surface area contributed by atoms with Gasteiger partial charge in [0.2, 0.25) is 0 Å². The number of benzene rings is 1. The molecule has 0 aliphatic heterocycles. The number of hydrogen-bond donors (Lipinski definition) is 1. The van der Waals surface area contributed by atoms with E-state index in [2.05, 4.69) is 15.9 Å². The fourth-order valence-electron chi connectivity index (χ4n) is 1.35. The summed E-state index contributed by atoms with van der Waals surface area (Å²) in [4.78, 5) is 24.4. The van der Waals surface area contributed by atoms with Crippen molar-refractivity contribution in [2.75, 3.05) is 13.7 Å². The summed E-state index contributed by atoms with van der Waals surface area (Å²) >= 11 is 3.22. The zero-order valence-electron chi connectivity index (χ0n) is 11.0. The Morgan fingerprint density at radius 2 is 2.05 bits per heavy atom. The van der Waals surface area contributed by atoms with Crippen molar-refractivity contribution in [1.29, 1.82) is 0 Å². The van der Waals surface area contributed by atoms with Gasteiger partial charge in [0.05, 0.1) is 4.47 Å². The van der Waals surface area contributed by atoms with Crippen LogP contribution < -0.4 is 4.74 Å². The second-order valence-corrected chi connectivity index (χ2v) is 5.16. The van der Waals surface area contributed by atoms with E-state index in [1.165, 1.54) is 11.0 Å². The maximum absolute atomic E-state index is 11.8. The Kier molecular flexibility index (Phi) is 5.35. The largest absolute Gasteiger partial charge is 0.482 e. The van der Waals surface area contributed by atoms with Gasteiger partial charge in [-0.1, -0.05) is 6.07 Å². The van der Waals surface area contributed by atoms with Gasteiger partial charge in [-0.25, -0.2) is 4.79 Å². The lowest BCUT2D eigenvalue weighted by atomic mass is 10.2. The molecule has 0 bridgehead atoms. The first-order valence-electron chi connectivity index (χ1n) is 5.74. The summed E-state index contributed by atoms with van der Waals surface area (Å²) in [5.74, 6) is -1.14. The standard InChI is InChI=1S/C13H16BrNO4/c1-8(2)15(3)11(16)7-19-12-9(13(17)18)5-4-6-10(12)14/h4-6,8H,7H2,1-3H3,(H,17,18). The van der Waals surface area contributed by atoms with Crippen molar-refractivity contribution < 1.29 is 19.4 Å². The normalized spacial score (nSPS) is 10.4.